The quantitative estimate of drug-likeness (QED) is 0.703. The van der Waals surface area contributed by atoms with E-state index in [9.17, 15) is 14.7 Å². The molecule has 1 aromatic carbocycles. The minimum absolute atomic E-state index is 0.140. The molecular weight excluding hydrogens is 210 g/mol. The van der Waals surface area contributed by atoms with Crippen molar-refractivity contribution in [1.29, 1.82) is 0 Å². The van der Waals surface area contributed by atoms with Gasteiger partial charge in [-0.3, -0.25) is 9.78 Å². The Bertz CT molecular complexity index is 642. The summed E-state index contributed by atoms with van der Waals surface area (Å²) in [7, 11) is 0. The van der Waals surface area contributed by atoms with E-state index in [0.29, 0.717) is 11.3 Å². The Kier molecular flexibility index (Phi) is 2.32. The predicted molar refractivity (Wildman–Crippen MR) is 56.9 cm³/mol. The number of nitrogens with zero attached hydrogens (tertiary/aromatic N) is 2. The molecule has 6 heteroatoms. The van der Waals surface area contributed by atoms with Gasteiger partial charge in [0.25, 0.3) is 5.56 Å². The van der Waals surface area contributed by atoms with Crippen LogP contribution in [0.15, 0.2) is 34.0 Å². The molecule has 0 aliphatic heterocycles. The summed E-state index contributed by atoms with van der Waals surface area (Å²) in [6, 6.07) is 4.60. The zero-order valence-electron chi connectivity index (χ0n) is 8.47. The summed E-state index contributed by atoms with van der Waals surface area (Å²) in [4.78, 5) is 24.3. The van der Waals surface area contributed by atoms with Crippen molar-refractivity contribution in [1.82, 2.24) is 14.8 Å². The monoisotopic (exact) mass is 219 g/mol. The predicted octanol–water partition coefficient (Wildman–Crippen LogP) is -0.0652. The van der Waals surface area contributed by atoms with Crippen LogP contribution in [-0.4, -0.2) is 19.9 Å². The maximum atomic E-state index is 11.4. The Morgan fingerprint density at radius 2 is 2.12 bits per heavy atom. The number of aromatic nitrogens is 3. The van der Waals surface area contributed by atoms with Gasteiger partial charge < -0.3 is 5.11 Å². The number of hydrogen-bond donors (Lipinski definition) is 2. The van der Waals surface area contributed by atoms with Gasteiger partial charge in [-0.05, 0) is 30.7 Å². The SMILES string of the molecule is Cc1cc(-n2ncc(=O)[nH]c2=O)ccc1O. The number of rotatable bonds is 1. The molecule has 0 saturated heterocycles. The van der Waals surface area contributed by atoms with Crippen molar-refractivity contribution < 1.29 is 5.11 Å². The van der Waals surface area contributed by atoms with Crippen LogP contribution < -0.4 is 11.2 Å². The first-order valence-electron chi connectivity index (χ1n) is 4.56. The van der Waals surface area contributed by atoms with Crippen LogP contribution in [0.1, 0.15) is 5.56 Å². The van der Waals surface area contributed by atoms with Crippen molar-refractivity contribution in [2.45, 2.75) is 6.92 Å². The Balaban J connectivity index is 2.63. The molecule has 1 aromatic heterocycles. The Morgan fingerprint density at radius 3 is 2.75 bits per heavy atom. The molecule has 0 atom stereocenters. The van der Waals surface area contributed by atoms with Gasteiger partial charge in [0.15, 0.2) is 0 Å². The minimum Gasteiger partial charge on any atom is -0.508 e. The fraction of sp³-hybridized carbons (Fsp3) is 0.100. The number of H-pyrrole nitrogens is 1. The summed E-state index contributed by atoms with van der Waals surface area (Å²) < 4.78 is 1.05. The Hall–Kier alpha value is -2.37. The van der Waals surface area contributed by atoms with Crippen LogP contribution in [0.25, 0.3) is 5.69 Å². The van der Waals surface area contributed by atoms with Crippen molar-refractivity contribution in [3.63, 3.8) is 0 Å². The van der Waals surface area contributed by atoms with Gasteiger partial charge >= 0.3 is 5.69 Å². The van der Waals surface area contributed by atoms with E-state index in [4.69, 9.17) is 0 Å². The summed E-state index contributed by atoms with van der Waals surface area (Å²) >= 11 is 0. The van der Waals surface area contributed by atoms with E-state index < -0.39 is 11.2 Å². The molecule has 0 amide bonds. The molecule has 0 fully saturated rings. The first-order chi connectivity index (χ1) is 7.58. The third-order valence-electron chi connectivity index (χ3n) is 2.14. The third kappa shape index (κ3) is 1.72. The Morgan fingerprint density at radius 1 is 1.38 bits per heavy atom. The number of benzene rings is 1. The molecule has 0 radical (unpaired) electrons. The standard InChI is InChI=1S/C10H9N3O3/c1-6-4-7(2-3-8(6)14)13-10(16)12-9(15)5-11-13/h2-5,14H,1H3,(H,12,15,16). The van der Waals surface area contributed by atoms with Crippen molar-refractivity contribution in [3.05, 3.63) is 50.8 Å². The van der Waals surface area contributed by atoms with Crippen LogP contribution >= 0.6 is 0 Å². The largest absolute Gasteiger partial charge is 0.508 e. The van der Waals surface area contributed by atoms with E-state index in [1.165, 1.54) is 12.1 Å². The lowest BCUT2D eigenvalue weighted by Crippen LogP contribution is -2.30. The smallest absolute Gasteiger partial charge is 0.349 e. The topological polar surface area (TPSA) is 88.0 Å². The normalized spacial score (nSPS) is 10.3. The van der Waals surface area contributed by atoms with Gasteiger partial charge in [-0.1, -0.05) is 0 Å². The van der Waals surface area contributed by atoms with Crippen LogP contribution in [0.3, 0.4) is 0 Å². The molecule has 0 aliphatic carbocycles. The third-order valence-corrected chi connectivity index (χ3v) is 2.14. The lowest BCUT2D eigenvalue weighted by atomic mass is 10.2. The van der Waals surface area contributed by atoms with Gasteiger partial charge in [-0.15, -0.1) is 0 Å². The molecule has 2 rings (SSSR count). The van der Waals surface area contributed by atoms with Crippen LogP contribution in [-0.2, 0) is 0 Å². The minimum atomic E-state index is -0.613. The zero-order valence-corrected chi connectivity index (χ0v) is 8.47. The summed E-state index contributed by atoms with van der Waals surface area (Å²) in [5.41, 5.74) is -0.0525. The van der Waals surface area contributed by atoms with Crippen molar-refractivity contribution >= 4 is 0 Å². The highest BCUT2D eigenvalue weighted by Crippen LogP contribution is 2.17. The molecule has 0 saturated carbocycles. The second kappa shape index (κ2) is 3.65. The van der Waals surface area contributed by atoms with Crippen LogP contribution in [0.5, 0.6) is 5.75 Å². The number of aromatic amines is 1. The van der Waals surface area contributed by atoms with Crippen molar-refractivity contribution in [2.24, 2.45) is 0 Å². The van der Waals surface area contributed by atoms with Gasteiger partial charge in [-0.25, -0.2) is 4.79 Å². The van der Waals surface area contributed by atoms with Crippen molar-refractivity contribution in [3.8, 4) is 11.4 Å². The summed E-state index contributed by atoms with van der Waals surface area (Å²) in [5, 5.41) is 13.0. The van der Waals surface area contributed by atoms with E-state index in [2.05, 4.69) is 10.1 Å². The van der Waals surface area contributed by atoms with E-state index in [-0.39, 0.29) is 5.75 Å². The number of nitrogens with one attached hydrogen (secondary N) is 1. The van der Waals surface area contributed by atoms with Gasteiger partial charge in [0.1, 0.15) is 11.9 Å². The highest BCUT2D eigenvalue weighted by atomic mass is 16.3. The fourth-order valence-corrected chi connectivity index (χ4v) is 1.31. The van der Waals surface area contributed by atoms with E-state index in [1.807, 2.05) is 0 Å². The van der Waals surface area contributed by atoms with Gasteiger partial charge in [0.2, 0.25) is 0 Å². The lowest BCUT2D eigenvalue weighted by Gasteiger charge is -2.04. The highest BCUT2D eigenvalue weighted by Gasteiger charge is 2.03. The lowest BCUT2D eigenvalue weighted by molar-refractivity contribution is 0.471. The zero-order chi connectivity index (χ0) is 11.7. The van der Waals surface area contributed by atoms with E-state index in [0.717, 1.165) is 10.9 Å². The number of aromatic hydroxyl groups is 1. The average Bonchev–Trinajstić information content (AvgIpc) is 2.22. The molecule has 6 nitrogen and oxygen atoms in total. The number of phenolic OH excluding ortho intramolecular Hbond substituents is 1. The molecule has 0 bridgehead atoms. The summed E-state index contributed by atoms with van der Waals surface area (Å²) in [5.74, 6) is 0.140. The van der Waals surface area contributed by atoms with Crippen LogP contribution in [0, 0.1) is 6.92 Å². The second-order valence-electron chi connectivity index (χ2n) is 3.32. The molecule has 1 heterocycles. The maximum Gasteiger partial charge on any atom is 0.349 e. The van der Waals surface area contributed by atoms with E-state index >= 15 is 0 Å². The molecule has 16 heavy (non-hydrogen) atoms. The molecule has 82 valence electrons. The first-order valence-corrected chi connectivity index (χ1v) is 4.56. The highest BCUT2D eigenvalue weighted by molar-refractivity contribution is 5.41. The molecule has 0 spiro atoms. The second-order valence-corrected chi connectivity index (χ2v) is 3.32. The molecule has 0 aliphatic rings. The molecule has 2 aromatic rings. The molecule has 2 N–H and O–H groups in total. The van der Waals surface area contributed by atoms with Crippen molar-refractivity contribution in [2.75, 3.05) is 0 Å². The van der Waals surface area contributed by atoms with Crippen LogP contribution in [0.4, 0.5) is 0 Å². The average molecular weight is 219 g/mol. The number of aryl methyl sites for hydroxylation is 1. The van der Waals surface area contributed by atoms with Gasteiger partial charge in [0, 0.05) is 0 Å². The van der Waals surface area contributed by atoms with Gasteiger partial charge in [-0.2, -0.15) is 9.78 Å². The Labute approximate surface area is 89.8 Å². The number of phenols is 1. The van der Waals surface area contributed by atoms with Gasteiger partial charge in [0.05, 0.1) is 5.69 Å². The molecule has 0 unspecified atom stereocenters. The fourth-order valence-electron chi connectivity index (χ4n) is 1.31. The maximum absolute atomic E-state index is 11.4. The summed E-state index contributed by atoms with van der Waals surface area (Å²) in [6.45, 7) is 1.70. The first kappa shape index (κ1) is 10.2. The number of hydrogen-bond acceptors (Lipinski definition) is 4. The summed E-state index contributed by atoms with van der Waals surface area (Å²) in [6.07, 6.45) is 1.02. The van der Waals surface area contributed by atoms with E-state index in [1.54, 1.807) is 13.0 Å². The molecular formula is C10H9N3O3. The van der Waals surface area contributed by atoms with Crippen LogP contribution in [0.2, 0.25) is 0 Å².